The van der Waals surface area contributed by atoms with Crippen molar-refractivity contribution in [3.05, 3.63) is 92.1 Å². The fourth-order valence-corrected chi connectivity index (χ4v) is 4.06. The second-order valence-corrected chi connectivity index (χ2v) is 7.69. The molecule has 1 N–H and O–H groups in total. The Morgan fingerprint density at radius 1 is 0.897 bits per heavy atom. The summed E-state index contributed by atoms with van der Waals surface area (Å²) < 4.78 is 1.55. The first-order chi connectivity index (χ1) is 14.0. The summed E-state index contributed by atoms with van der Waals surface area (Å²) in [6.45, 7) is -0.323. The SMILES string of the molecule is O=C(O)Cn1c2ccc(CCc3ccccc3)cc2c(=O)c2ccc(Cl)c(Cl)c21. The molecule has 0 atom stereocenters. The number of fused-ring (bicyclic) bond motifs is 2. The zero-order valence-electron chi connectivity index (χ0n) is 15.4. The maximum Gasteiger partial charge on any atom is 0.323 e. The molecule has 0 aliphatic rings. The summed E-state index contributed by atoms with van der Waals surface area (Å²) in [7, 11) is 0. The lowest BCUT2D eigenvalue weighted by atomic mass is 10.0. The molecular formula is C23H17Cl2NO3. The zero-order valence-corrected chi connectivity index (χ0v) is 16.9. The highest BCUT2D eigenvalue weighted by molar-refractivity contribution is 6.45. The van der Waals surface area contributed by atoms with Gasteiger partial charge in [0.15, 0.2) is 5.43 Å². The summed E-state index contributed by atoms with van der Waals surface area (Å²) in [5.74, 6) is -1.03. The van der Waals surface area contributed by atoms with Crippen molar-refractivity contribution in [2.45, 2.75) is 19.4 Å². The molecule has 0 fully saturated rings. The number of rotatable bonds is 5. The highest BCUT2D eigenvalue weighted by Gasteiger charge is 2.17. The fraction of sp³-hybridized carbons (Fsp3) is 0.130. The molecule has 1 aromatic heterocycles. The summed E-state index contributed by atoms with van der Waals surface area (Å²) >= 11 is 12.5. The molecule has 4 rings (SSSR count). The van der Waals surface area contributed by atoms with E-state index in [9.17, 15) is 14.7 Å². The first-order valence-corrected chi connectivity index (χ1v) is 9.90. The van der Waals surface area contributed by atoms with E-state index < -0.39 is 5.97 Å². The molecule has 146 valence electrons. The fourth-order valence-electron chi connectivity index (χ4n) is 3.64. The Bertz CT molecular complexity index is 1300. The van der Waals surface area contributed by atoms with E-state index in [-0.39, 0.29) is 22.0 Å². The van der Waals surface area contributed by atoms with Crippen molar-refractivity contribution in [2.75, 3.05) is 0 Å². The van der Waals surface area contributed by atoms with Crippen molar-refractivity contribution < 1.29 is 9.90 Å². The Labute approximate surface area is 176 Å². The molecule has 4 aromatic rings. The molecule has 1 heterocycles. The third-order valence-corrected chi connectivity index (χ3v) is 5.81. The third-order valence-electron chi connectivity index (χ3n) is 5.02. The van der Waals surface area contributed by atoms with Crippen LogP contribution in [0.5, 0.6) is 0 Å². The highest BCUT2D eigenvalue weighted by atomic mass is 35.5. The smallest absolute Gasteiger partial charge is 0.323 e. The van der Waals surface area contributed by atoms with Crippen LogP contribution in [0.25, 0.3) is 21.8 Å². The van der Waals surface area contributed by atoms with Gasteiger partial charge in [-0.15, -0.1) is 0 Å². The second kappa shape index (κ2) is 7.90. The number of aromatic nitrogens is 1. The predicted molar refractivity (Wildman–Crippen MR) is 117 cm³/mol. The molecule has 0 aliphatic carbocycles. The Morgan fingerprint density at radius 3 is 2.34 bits per heavy atom. The lowest BCUT2D eigenvalue weighted by molar-refractivity contribution is -0.137. The standard InChI is InChI=1S/C23H17Cl2NO3/c24-18-10-9-16-22(21(18)25)26(13-20(27)28)19-11-8-15(12-17(19)23(16)29)7-6-14-4-2-1-3-5-14/h1-5,8-12H,6-7,13H2,(H,27,28). The minimum atomic E-state index is -1.03. The Balaban J connectivity index is 1.89. The summed E-state index contributed by atoms with van der Waals surface area (Å²) in [6.07, 6.45) is 1.63. The Morgan fingerprint density at radius 2 is 1.62 bits per heavy atom. The van der Waals surface area contributed by atoms with E-state index >= 15 is 0 Å². The van der Waals surface area contributed by atoms with Gasteiger partial charge in [-0.3, -0.25) is 9.59 Å². The third kappa shape index (κ3) is 3.74. The number of hydrogen-bond acceptors (Lipinski definition) is 2. The maximum atomic E-state index is 13.2. The Kier molecular flexibility index (Phi) is 5.31. The second-order valence-electron chi connectivity index (χ2n) is 6.90. The van der Waals surface area contributed by atoms with Gasteiger partial charge < -0.3 is 9.67 Å². The average molecular weight is 426 g/mol. The van der Waals surface area contributed by atoms with Crippen LogP contribution in [0.2, 0.25) is 10.0 Å². The number of carboxylic acids is 1. The van der Waals surface area contributed by atoms with Crippen LogP contribution in [0.3, 0.4) is 0 Å². The van der Waals surface area contributed by atoms with Crippen LogP contribution in [0.1, 0.15) is 11.1 Å². The molecule has 29 heavy (non-hydrogen) atoms. The molecule has 0 unspecified atom stereocenters. The molecule has 0 saturated carbocycles. The zero-order chi connectivity index (χ0) is 20.5. The molecule has 0 saturated heterocycles. The highest BCUT2D eigenvalue weighted by Crippen LogP contribution is 2.32. The number of carbonyl (C=O) groups is 1. The van der Waals surface area contributed by atoms with Crippen LogP contribution in [0.4, 0.5) is 0 Å². The van der Waals surface area contributed by atoms with Gasteiger partial charge >= 0.3 is 5.97 Å². The first-order valence-electron chi connectivity index (χ1n) is 9.14. The van der Waals surface area contributed by atoms with Crippen molar-refractivity contribution in [2.24, 2.45) is 0 Å². The molecule has 0 spiro atoms. The van der Waals surface area contributed by atoms with Crippen LogP contribution in [0.15, 0.2) is 65.5 Å². The number of carboxylic acid groups (broad SMARTS) is 1. The molecule has 0 aliphatic heterocycles. The van der Waals surface area contributed by atoms with Crippen molar-refractivity contribution >= 4 is 51.0 Å². The van der Waals surface area contributed by atoms with Crippen LogP contribution >= 0.6 is 23.2 Å². The molecule has 3 aromatic carbocycles. The normalized spacial score (nSPS) is 11.2. The number of benzene rings is 3. The van der Waals surface area contributed by atoms with Gasteiger partial charge in [-0.2, -0.15) is 0 Å². The summed E-state index contributed by atoms with van der Waals surface area (Å²) in [6, 6.07) is 18.8. The van der Waals surface area contributed by atoms with E-state index in [1.807, 2.05) is 30.3 Å². The minimum Gasteiger partial charge on any atom is -0.480 e. The van der Waals surface area contributed by atoms with Gasteiger partial charge in [-0.25, -0.2) is 0 Å². The van der Waals surface area contributed by atoms with Crippen LogP contribution in [0, 0.1) is 0 Å². The summed E-state index contributed by atoms with van der Waals surface area (Å²) in [5, 5.41) is 10.7. The van der Waals surface area contributed by atoms with Gasteiger partial charge in [0, 0.05) is 10.8 Å². The molecule has 6 heteroatoms. The summed E-state index contributed by atoms with van der Waals surface area (Å²) in [4.78, 5) is 24.6. The van der Waals surface area contributed by atoms with Gasteiger partial charge in [0.1, 0.15) is 6.54 Å². The van der Waals surface area contributed by atoms with Gasteiger partial charge in [0.25, 0.3) is 0 Å². The van der Waals surface area contributed by atoms with E-state index in [0.717, 1.165) is 18.4 Å². The molecule has 0 radical (unpaired) electrons. The first kappa shape index (κ1) is 19.5. The number of halogens is 2. The topological polar surface area (TPSA) is 59.3 Å². The van der Waals surface area contributed by atoms with Gasteiger partial charge in [-0.1, -0.05) is 59.6 Å². The average Bonchev–Trinajstić information content (AvgIpc) is 2.72. The summed E-state index contributed by atoms with van der Waals surface area (Å²) in [5.41, 5.74) is 2.92. The van der Waals surface area contributed by atoms with Crippen molar-refractivity contribution in [3.8, 4) is 0 Å². The van der Waals surface area contributed by atoms with E-state index in [2.05, 4.69) is 12.1 Å². The molecule has 4 nitrogen and oxygen atoms in total. The van der Waals surface area contributed by atoms with Crippen molar-refractivity contribution in [1.29, 1.82) is 0 Å². The number of aryl methyl sites for hydroxylation is 2. The molecular weight excluding hydrogens is 409 g/mol. The monoisotopic (exact) mass is 425 g/mol. The quantitative estimate of drug-likeness (QED) is 0.439. The van der Waals surface area contributed by atoms with Crippen LogP contribution < -0.4 is 5.43 Å². The number of nitrogens with zero attached hydrogens (tertiary/aromatic N) is 1. The maximum absolute atomic E-state index is 13.2. The van der Waals surface area contributed by atoms with Gasteiger partial charge in [0.05, 0.1) is 21.1 Å². The lowest BCUT2D eigenvalue weighted by Crippen LogP contribution is -2.16. The van der Waals surface area contributed by atoms with Gasteiger partial charge in [0.2, 0.25) is 0 Å². The van der Waals surface area contributed by atoms with E-state index in [4.69, 9.17) is 23.2 Å². The number of pyridine rings is 1. The largest absolute Gasteiger partial charge is 0.480 e. The molecule has 0 amide bonds. The van der Waals surface area contributed by atoms with E-state index in [0.29, 0.717) is 21.8 Å². The van der Waals surface area contributed by atoms with Crippen LogP contribution in [-0.2, 0) is 24.2 Å². The predicted octanol–water partition coefficient (Wildman–Crippen LogP) is 5.33. The number of hydrogen-bond donors (Lipinski definition) is 1. The van der Waals surface area contributed by atoms with E-state index in [1.54, 1.807) is 22.8 Å². The van der Waals surface area contributed by atoms with Crippen molar-refractivity contribution in [3.63, 3.8) is 0 Å². The molecule has 0 bridgehead atoms. The van der Waals surface area contributed by atoms with Crippen molar-refractivity contribution in [1.82, 2.24) is 4.57 Å². The number of aliphatic carboxylic acids is 1. The minimum absolute atomic E-state index is 0.178. The lowest BCUT2D eigenvalue weighted by Gasteiger charge is -2.16. The van der Waals surface area contributed by atoms with Gasteiger partial charge in [-0.05, 0) is 48.2 Å². The Hall–Kier alpha value is -2.82. The van der Waals surface area contributed by atoms with Crippen LogP contribution in [-0.4, -0.2) is 15.6 Å². The van der Waals surface area contributed by atoms with E-state index in [1.165, 1.54) is 5.56 Å².